The van der Waals surface area contributed by atoms with E-state index >= 15 is 0 Å². The summed E-state index contributed by atoms with van der Waals surface area (Å²) in [6.07, 6.45) is 0. The summed E-state index contributed by atoms with van der Waals surface area (Å²) in [4.78, 5) is 0. The van der Waals surface area contributed by atoms with Gasteiger partial charge in [0.2, 0.25) is 0 Å². The molecule has 7 heteroatoms. The van der Waals surface area contributed by atoms with E-state index in [0.717, 1.165) is 17.4 Å². The van der Waals surface area contributed by atoms with Gasteiger partial charge in [-0.25, -0.2) is 12.8 Å². The third kappa shape index (κ3) is 2.56. The third-order valence-corrected chi connectivity index (χ3v) is 4.79. The Morgan fingerprint density at radius 2 is 2.06 bits per heavy atom. The average Bonchev–Trinajstić information content (AvgIpc) is 2.77. The zero-order valence-corrected chi connectivity index (χ0v) is 10.2. The van der Waals surface area contributed by atoms with Crippen molar-refractivity contribution in [3.8, 4) is 0 Å². The Labute approximate surface area is 102 Å². The van der Waals surface area contributed by atoms with Crippen molar-refractivity contribution >= 4 is 32.7 Å². The van der Waals surface area contributed by atoms with Crippen molar-refractivity contribution in [1.82, 2.24) is 0 Å². The van der Waals surface area contributed by atoms with Crippen molar-refractivity contribution < 1.29 is 12.8 Å². The number of sulfonamides is 1. The van der Waals surface area contributed by atoms with Gasteiger partial charge in [-0.15, -0.1) is 11.3 Å². The van der Waals surface area contributed by atoms with E-state index < -0.39 is 15.8 Å². The molecule has 2 aromatic rings. The highest BCUT2D eigenvalue weighted by Crippen LogP contribution is 2.22. The number of nitrogen functional groups attached to an aromatic ring is 1. The Morgan fingerprint density at radius 3 is 2.65 bits per heavy atom. The minimum absolute atomic E-state index is 0.101. The summed E-state index contributed by atoms with van der Waals surface area (Å²) in [7, 11) is -3.61. The fourth-order valence-corrected chi connectivity index (χ4v) is 3.27. The highest BCUT2D eigenvalue weighted by atomic mass is 32.2. The van der Waals surface area contributed by atoms with Gasteiger partial charge >= 0.3 is 0 Å². The molecule has 0 saturated carbocycles. The van der Waals surface area contributed by atoms with Crippen LogP contribution in [0, 0.1) is 5.82 Å². The second kappa shape index (κ2) is 4.34. The largest absolute Gasteiger partial charge is 0.396 e. The number of nitrogens with two attached hydrogens (primary N) is 1. The molecule has 0 unspecified atom stereocenters. The van der Waals surface area contributed by atoms with Crippen LogP contribution in [0.2, 0.25) is 0 Å². The van der Waals surface area contributed by atoms with Gasteiger partial charge in [0.05, 0.1) is 11.4 Å². The zero-order valence-electron chi connectivity index (χ0n) is 8.55. The van der Waals surface area contributed by atoms with Crippen LogP contribution in [0.4, 0.5) is 15.8 Å². The Morgan fingerprint density at radius 1 is 1.29 bits per heavy atom. The van der Waals surface area contributed by atoms with Crippen LogP contribution in [-0.4, -0.2) is 8.42 Å². The molecule has 3 N–H and O–H groups in total. The number of hydrogen-bond acceptors (Lipinski definition) is 4. The Hall–Kier alpha value is -1.60. The molecule has 0 saturated heterocycles. The first-order valence-electron chi connectivity index (χ1n) is 4.60. The lowest BCUT2D eigenvalue weighted by Gasteiger charge is -2.07. The number of halogens is 1. The van der Waals surface area contributed by atoms with Crippen molar-refractivity contribution in [2.24, 2.45) is 0 Å². The maximum Gasteiger partial charge on any atom is 0.271 e. The molecule has 90 valence electrons. The normalized spacial score (nSPS) is 11.4. The Kier molecular flexibility index (Phi) is 3.03. The minimum atomic E-state index is -3.61. The number of hydrogen-bond donors (Lipinski definition) is 2. The number of benzene rings is 1. The molecule has 0 bridgehead atoms. The predicted octanol–water partition coefficient (Wildman–Crippen LogP) is 2.27. The van der Waals surface area contributed by atoms with Crippen LogP contribution in [0.3, 0.4) is 0 Å². The second-order valence-corrected chi connectivity index (χ2v) is 6.13. The zero-order chi connectivity index (χ0) is 12.5. The molecule has 0 atom stereocenters. The number of nitrogens with one attached hydrogen (secondary N) is 1. The lowest BCUT2D eigenvalue weighted by Crippen LogP contribution is -2.11. The van der Waals surface area contributed by atoms with Gasteiger partial charge in [-0.1, -0.05) is 6.07 Å². The summed E-state index contributed by atoms with van der Waals surface area (Å²) in [6, 6.07) is 6.79. The van der Waals surface area contributed by atoms with Crippen LogP contribution in [0.1, 0.15) is 0 Å². The van der Waals surface area contributed by atoms with Crippen molar-refractivity contribution in [2.45, 2.75) is 4.21 Å². The van der Waals surface area contributed by atoms with Gasteiger partial charge in [-0.2, -0.15) is 0 Å². The highest BCUT2D eigenvalue weighted by molar-refractivity contribution is 7.94. The average molecular weight is 272 g/mol. The molecule has 0 amide bonds. The number of anilines is 2. The highest BCUT2D eigenvalue weighted by Gasteiger charge is 2.15. The van der Waals surface area contributed by atoms with Crippen molar-refractivity contribution in [3.05, 3.63) is 41.5 Å². The van der Waals surface area contributed by atoms with Crippen LogP contribution in [-0.2, 0) is 10.0 Å². The number of thiophene rings is 1. The summed E-state index contributed by atoms with van der Waals surface area (Å²) >= 11 is 1.10. The van der Waals surface area contributed by atoms with Crippen LogP contribution in [0.15, 0.2) is 39.9 Å². The summed E-state index contributed by atoms with van der Waals surface area (Å²) in [5, 5.41) is 1.66. The Bertz CT molecular complexity index is 624. The molecule has 2 rings (SSSR count). The van der Waals surface area contributed by atoms with E-state index in [0.29, 0.717) is 0 Å². The smallest absolute Gasteiger partial charge is 0.271 e. The van der Waals surface area contributed by atoms with Crippen LogP contribution < -0.4 is 10.5 Å². The van der Waals surface area contributed by atoms with E-state index in [9.17, 15) is 12.8 Å². The second-order valence-electron chi connectivity index (χ2n) is 3.27. The molecule has 0 aliphatic rings. The first-order valence-corrected chi connectivity index (χ1v) is 6.97. The van der Waals surface area contributed by atoms with Gasteiger partial charge in [0.25, 0.3) is 10.0 Å². The first kappa shape index (κ1) is 11.9. The summed E-state index contributed by atoms with van der Waals surface area (Å²) in [5.74, 6) is -0.580. The van der Waals surface area contributed by atoms with Crippen LogP contribution in [0.25, 0.3) is 0 Å². The number of rotatable bonds is 3. The molecule has 1 heterocycles. The fourth-order valence-electron chi connectivity index (χ4n) is 1.23. The fraction of sp³-hybridized carbons (Fsp3) is 0. The standard InChI is InChI=1S/C10H9FN2O2S2/c11-8-4-3-7(6-9(8)12)13-17(14,15)10-2-1-5-16-10/h1-6,13H,12H2. The van der Waals surface area contributed by atoms with Gasteiger partial charge < -0.3 is 5.73 Å². The lowest BCUT2D eigenvalue weighted by molar-refractivity contribution is 0.603. The molecule has 1 aromatic carbocycles. The topological polar surface area (TPSA) is 72.2 Å². The van der Waals surface area contributed by atoms with E-state index in [2.05, 4.69) is 4.72 Å². The van der Waals surface area contributed by atoms with Gasteiger partial charge in [-0.05, 0) is 29.6 Å². The maximum atomic E-state index is 12.9. The predicted molar refractivity (Wildman–Crippen MR) is 65.9 cm³/mol. The minimum Gasteiger partial charge on any atom is -0.396 e. The Balaban J connectivity index is 2.30. The van der Waals surface area contributed by atoms with E-state index in [1.165, 1.54) is 18.2 Å². The van der Waals surface area contributed by atoms with E-state index in [4.69, 9.17) is 5.73 Å². The third-order valence-electron chi connectivity index (χ3n) is 2.01. The summed E-state index contributed by atoms with van der Waals surface area (Å²) in [6.45, 7) is 0. The molecule has 0 aliphatic carbocycles. The van der Waals surface area contributed by atoms with Crippen molar-refractivity contribution in [2.75, 3.05) is 10.5 Å². The van der Waals surface area contributed by atoms with E-state index in [-0.39, 0.29) is 15.6 Å². The molecular formula is C10H9FN2O2S2. The monoisotopic (exact) mass is 272 g/mol. The molecule has 4 nitrogen and oxygen atoms in total. The molecular weight excluding hydrogens is 263 g/mol. The van der Waals surface area contributed by atoms with E-state index in [1.54, 1.807) is 11.4 Å². The van der Waals surface area contributed by atoms with Crippen LogP contribution in [0.5, 0.6) is 0 Å². The van der Waals surface area contributed by atoms with Crippen molar-refractivity contribution in [3.63, 3.8) is 0 Å². The molecule has 0 spiro atoms. The van der Waals surface area contributed by atoms with Gasteiger partial charge in [0, 0.05) is 0 Å². The van der Waals surface area contributed by atoms with Gasteiger partial charge in [-0.3, -0.25) is 4.72 Å². The maximum absolute atomic E-state index is 12.9. The lowest BCUT2D eigenvalue weighted by atomic mass is 10.3. The first-order chi connectivity index (χ1) is 7.99. The summed E-state index contributed by atoms with van der Waals surface area (Å²) in [5.41, 5.74) is 5.48. The molecule has 17 heavy (non-hydrogen) atoms. The molecule has 0 radical (unpaired) electrons. The van der Waals surface area contributed by atoms with E-state index in [1.807, 2.05) is 0 Å². The van der Waals surface area contributed by atoms with Crippen LogP contribution >= 0.6 is 11.3 Å². The van der Waals surface area contributed by atoms with Gasteiger partial charge in [0.15, 0.2) is 0 Å². The van der Waals surface area contributed by atoms with Gasteiger partial charge in [0.1, 0.15) is 10.0 Å². The SMILES string of the molecule is Nc1cc(NS(=O)(=O)c2cccs2)ccc1F. The molecule has 1 aromatic heterocycles. The summed E-state index contributed by atoms with van der Waals surface area (Å²) < 4.78 is 39.1. The molecule has 0 aliphatic heterocycles. The quantitative estimate of drug-likeness (QED) is 0.842. The van der Waals surface area contributed by atoms with Crippen molar-refractivity contribution in [1.29, 1.82) is 0 Å². The molecule has 0 fully saturated rings.